The largest absolute Gasteiger partial charge is 0.414 e. The van der Waals surface area contributed by atoms with Crippen LogP contribution in [-0.4, -0.2) is 28.8 Å². The Kier molecular flexibility index (Phi) is 6.35. The van der Waals surface area contributed by atoms with E-state index in [4.69, 9.17) is 8.85 Å². The Morgan fingerprint density at radius 2 is 1.22 bits per heavy atom. The molecule has 32 heavy (non-hydrogen) atoms. The predicted molar refractivity (Wildman–Crippen MR) is 142 cm³/mol. The van der Waals surface area contributed by atoms with E-state index in [2.05, 4.69) is 87.6 Å². The van der Waals surface area contributed by atoms with Crippen LogP contribution in [0.1, 0.15) is 88.0 Å². The first-order valence-corrected chi connectivity index (χ1v) is 18.8. The van der Waals surface area contributed by atoms with Crippen LogP contribution in [0.2, 0.25) is 34.8 Å². The molecule has 0 heterocycles. The van der Waals surface area contributed by atoms with Gasteiger partial charge in [0, 0.05) is 6.10 Å². The van der Waals surface area contributed by atoms with Gasteiger partial charge in [-0.3, -0.25) is 0 Å². The maximum Gasteiger partial charge on any atom is 0.200 e. The minimum Gasteiger partial charge on any atom is -0.414 e. The Morgan fingerprint density at radius 3 is 1.56 bits per heavy atom. The van der Waals surface area contributed by atoms with E-state index in [-0.39, 0.29) is 5.04 Å². The molecule has 3 fully saturated rings. The molecule has 0 aromatic heterocycles. The van der Waals surface area contributed by atoms with Crippen LogP contribution in [0.5, 0.6) is 0 Å². The first-order valence-electron chi connectivity index (χ1n) is 13.7. The van der Waals surface area contributed by atoms with Crippen LogP contribution >= 0.6 is 0 Å². The summed E-state index contributed by atoms with van der Waals surface area (Å²) >= 11 is 0. The molecule has 0 saturated heterocycles. The highest BCUT2D eigenvalue weighted by Gasteiger charge is 2.68. The van der Waals surface area contributed by atoms with Gasteiger partial charge in [-0.1, -0.05) is 74.5 Å². The van der Waals surface area contributed by atoms with E-state index in [9.17, 15) is 0 Å². The maximum atomic E-state index is 7.63. The maximum absolute atomic E-state index is 7.63. The molecule has 3 saturated carbocycles. The Balaban J connectivity index is 1.65. The normalized spacial score (nSPS) is 36.1. The summed E-state index contributed by atoms with van der Waals surface area (Å²) in [7, 11) is -3.66. The number of hydrogen-bond donors (Lipinski definition) is 0. The van der Waals surface area contributed by atoms with Crippen molar-refractivity contribution in [1.29, 1.82) is 0 Å². The average Bonchev–Trinajstić information content (AvgIpc) is 3.33. The summed E-state index contributed by atoms with van der Waals surface area (Å²) in [6.07, 6.45) is 11.5. The molecule has 6 atom stereocenters. The van der Waals surface area contributed by atoms with Crippen molar-refractivity contribution in [2.45, 2.75) is 135 Å². The molecule has 2 nitrogen and oxygen atoms in total. The summed E-state index contributed by atoms with van der Waals surface area (Å²) in [6.45, 7) is 26.7. The van der Waals surface area contributed by atoms with Gasteiger partial charge in [-0.05, 0) is 89.5 Å². The highest BCUT2D eigenvalue weighted by atomic mass is 28.4. The van der Waals surface area contributed by atoms with Gasteiger partial charge in [-0.2, -0.15) is 0 Å². The quantitative estimate of drug-likeness (QED) is 0.270. The third-order valence-corrected chi connectivity index (χ3v) is 21.5. The van der Waals surface area contributed by atoms with Gasteiger partial charge in [0.05, 0.1) is 6.10 Å². The Labute approximate surface area is 201 Å². The highest BCUT2D eigenvalue weighted by molar-refractivity contribution is 6.77. The lowest BCUT2D eigenvalue weighted by Gasteiger charge is -2.58. The van der Waals surface area contributed by atoms with Crippen LogP contribution in [0.3, 0.4) is 0 Å². The van der Waals surface area contributed by atoms with Gasteiger partial charge in [0.1, 0.15) is 0 Å². The third-order valence-electron chi connectivity index (χ3n) is 10.8. The molecule has 4 heteroatoms. The van der Waals surface area contributed by atoms with Crippen LogP contribution in [0, 0.1) is 29.1 Å². The molecule has 0 N–H and O–H groups in total. The molecule has 0 radical (unpaired) electrons. The smallest absolute Gasteiger partial charge is 0.200 e. The molecule has 0 aliphatic heterocycles. The minimum atomic E-state index is -1.90. The zero-order valence-corrected chi connectivity index (χ0v) is 25.0. The Bertz CT molecular complexity index is 680. The minimum absolute atomic E-state index is 0.277. The number of fused-ring (bicyclic) bond motifs is 4. The van der Waals surface area contributed by atoms with E-state index in [1.54, 1.807) is 0 Å². The van der Waals surface area contributed by atoms with Gasteiger partial charge >= 0.3 is 0 Å². The molecule has 4 rings (SSSR count). The molecule has 2 unspecified atom stereocenters. The van der Waals surface area contributed by atoms with Crippen molar-refractivity contribution in [3.8, 4) is 0 Å². The summed E-state index contributed by atoms with van der Waals surface area (Å²) < 4.78 is 14.7. The van der Waals surface area contributed by atoms with Gasteiger partial charge in [-0.15, -0.1) is 0 Å². The molecule has 0 aromatic rings. The van der Waals surface area contributed by atoms with Crippen molar-refractivity contribution in [2.75, 3.05) is 0 Å². The average molecular weight is 477 g/mol. The first-order chi connectivity index (χ1) is 14.7. The molecule has 0 aromatic carbocycles. The summed E-state index contributed by atoms with van der Waals surface area (Å²) in [5.74, 6) is 2.78. The topological polar surface area (TPSA) is 18.5 Å². The fraction of sp³-hybridized carbons (Fsp3) is 0.929. The predicted octanol–water partition coefficient (Wildman–Crippen LogP) is 8.56. The lowest BCUT2D eigenvalue weighted by Crippen LogP contribution is -2.60. The Morgan fingerprint density at radius 1 is 0.781 bits per heavy atom. The molecule has 4 aliphatic carbocycles. The molecule has 184 valence electrons. The van der Waals surface area contributed by atoms with E-state index in [0.29, 0.717) is 46.1 Å². The number of hydrogen-bond acceptors (Lipinski definition) is 2. The molecule has 1 spiro atoms. The monoisotopic (exact) mass is 476 g/mol. The number of rotatable bonds is 7. The molecular weight excluding hydrogens is 424 g/mol. The zero-order chi connectivity index (χ0) is 23.9. The summed E-state index contributed by atoms with van der Waals surface area (Å²) in [5.41, 5.74) is 2.58. The van der Waals surface area contributed by atoms with Crippen molar-refractivity contribution in [3.05, 3.63) is 12.2 Å². The second-order valence-electron chi connectivity index (χ2n) is 14.4. The van der Waals surface area contributed by atoms with Crippen molar-refractivity contribution in [3.63, 3.8) is 0 Å². The second-order valence-corrected chi connectivity index (χ2v) is 24.5. The van der Waals surface area contributed by atoms with Gasteiger partial charge < -0.3 is 8.85 Å². The fourth-order valence-corrected chi connectivity index (χ4v) is 15.3. The summed E-state index contributed by atoms with van der Waals surface area (Å²) in [5, 5.41) is 0.277. The van der Waals surface area contributed by atoms with Crippen molar-refractivity contribution < 1.29 is 8.85 Å². The summed E-state index contributed by atoms with van der Waals surface area (Å²) in [6, 6.07) is 0. The summed E-state index contributed by atoms with van der Waals surface area (Å²) in [4.78, 5) is 0. The van der Waals surface area contributed by atoms with E-state index >= 15 is 0 Å². The SMILES string of the molecule is CC(C)[Si](OC1[C@H]2CC(O[Si](C)(C)C(C)(C)C)C[C@@H]1[C@H]1C=C[C@@H]2C12CC2)(C(C)C)C(C)C. The van der Waals surface area contributed by atoms with Gasteiger partial charge in [-0.25, -0.2) is 0 Å². The van der Waals surface area contributed by atoms with Crippen LogP contribution in [0.15, 0.2) is 12.2 Å². The van der Waals surface area contributed by atoms with Gasteiger partial charge in [0.15, 0.2) is 8.32 Å². The van der Waals surface area contributed by atoms with E-state index in [1.165, 1.54) is 25.7 Å². The van der Waals surface area contributed by atoms with Crippen LogP contribution in [0.25, 0.3) is 0 Å². The van der Waals surface area contributed by atoms with Gasteiger partial charge in [0.25, 0.3) is 0 Å². The molecular formula is C28H52O2Si2. The molecule has 4 aliphatic rings. The molecule has 4 bridgehead atoms. The van der Waals surface area contributed by atoms with Crippen LogP contribution in [0.4, 0.5) is 0 Å². The van der Waals surface area contributed by atoms with Crippen molar-refractivity contribution in [1.82, 2.24) is 0 Å². The van der Waals surface area contributed by atoms with E-state index in [0.717, 1.165) is 11.8 Å². The molecule has 0 amide bonds. The van der Waals surface area contributed by atoms with Crippen LogP contribution < -0.4 is 0 Å². The van der Waals surface area contributed by atoms with E-state index in [1.807, 2.05) is 0 Å². The third kappa shape index (κ3) is 3.69. The van der Waals surface area contributed by atoms with Gasteiger partial charge in [0.2, 0.25) is 8.32 Å². The van der Waals surface area contributed by atoms with Crippen LogP contribution in [-0.2, 0) is 8.85 Å². The van der Waals surface area contributed by atoms with Crippen molar-refractivity contribution >= 4 is 16.6 Å². The van der Waals surface area contributed by atoms with Crippen molar-refractivity contribution in [2.24, 2.45) is 29.1 Å². The van der Waals surface area contributed by atoms with E-state index < -0.39 is 16.6 Å². The Hall–Kier alpha value is 0.0938. The lowest BCUT2D eigenvalue weighted by molar-refractivity contribution is -0.106. The highest BCUT2D eigenvalue weighted by Crippen LogP contribution is 2.72. The fourth-order valence-electron chi connectivity index (χ4n) is 8.29. The first kappa shape index (κ1) is 25.2. The second kappa shape index (κ2) is 8.06. The lowest BCUT2D eigenvalue weighted by atomic mass is 9.56. The standard InChI is InChI=1S/C28H52O2Si2/c1-18(2)32(19(3)4,20(5)6)30-26-22-16-21(29-31(10,11)27(7,8)9)17-23(26)25-13-12-24(22)28(25)14-15-28/h12-13,18-26H,14-17H2,1-11H3/t21?,22-,23+,24-,25+,26?. The number of allylic oxidation sites excluding steroid dienone is 2. The zero-order valence-electron chi connectivity index (χ0n) is 23.0.